The van der Waals surface area contributed by atoms with Crippen molar-refractivity contribution >= 4 is 43.6 Å². The summed E-state index contributed by atoms with van der Waals surface area (Å²) in [6.07, 6.45) is 0. The third-order valence-electron chi connectivity index (χ3n) is 11.8. The first-order chi connectivity index (χ1) is 27.0. The Morgan fingerprint density at radius 3 is 1.07 bits per heavy atom. The van der Waals surface area contributed by atoms with Crippen molar-refractivity contribution in [3.63, 3.8) is 0 Å². The zero-order valence-electron chi connectivity index (χ0n) is 36.8. The van der Waals surface area contributed by atoms with Crippen LogP contribution in [-0.4, -0.2) is 24.1 Å². The van der Waals surface area contributed by atoms with E-state index in [-0.39, 0.29) is 21.7 Å². The molecular formula is C52H56N6. The van der Waals surface area contributed by atoms with Crippen LogP contribution in [0.15, 0.2) is 84.9 Å². The maximum Gasteiger partial charge on any atom is 0.165 e. The van der Waals surface area contributed by atoms with Crippen molar-refractivity contribution in [3.05, 3.63) is 124 Å². The first-order valence-electron chi connectivity index (χ1n) is 20.5. The standard InChI is InChI=1S/C52H56N6/c1-30-54-31(2)56-48(55-30)41-28-42(57-44-24-33(49(3,4)5)15-19-37(44)38-20-16-34(25-45(38)57)50(6,7)8)32(29-53)23-43(41)58-46-26-35(51(9,10)11)17-21-39(46)40-22-18-36(27-47(40)58)52(12,13)14/h15-28H,1-14H3. The molecule has 3 heterocycles. The van der Waals surface area contributed by atoms with Crippen LogP contribution in [0.5, 0.6) is 0 Å². The van der Waals surface area contributed by atoms with Crippen LogP contribution in [0.1, 0.15) is 123 Å². The number of rotatable bonds is 3. The first-order valence-corrected chi connectivity index (χ1v) is 20.5. The zero-order chi connectivity index (χ0) is 41.9. The molecule has 0 saturated heterocycles. The van der Waals surface area contributed by atoms with Gasteiger partial charge in [0.25, 0.3) is 0 Å². The number of hydrogen-bond acceptors (Lipinski definition) is 4. The second kappa shape index (κ2) is 13.1. The number of fused-ring (bicyclic) bond motifs is 6. The Labute approximate surface area is 343 Å². The van der Waals surface area contributed by atoms with Gasteiger partial charge in [0.2, 0.25) is 0 Å². The van der Waals surface area contributed by atoms with Crippen LogP contribution in [0.2, 0.25) is 0 Å². The molecule has 0 unspecified atom stereocenters. The van der Waals surface area contributed by atoms with Crippen LogP contribution < -0.4 is 0 Å². The Hall–Kier alpha value is -5.80. The van der Waals surface area contributed by atoms with Gasteiger partial charge in [-0.3, -0.25) is 0 Å². The summed E-state index contributed by atoms with van der Waals surface area (Å²) in [4.78, 5) is 14.6. The average Bonchev–Trinajstić information content (AvgIpc) is 3.63. The molecule has 8 rings (SSSR count). The van der Waals surface area contributed by atoms with Gasteiger partial charge in [-0.2, -0.15) is 5.26 Å². The molecule has 0 spiro atoms. The first kappa shape index (κ1) is 39.0. The molecule has 6 heteroatoms. The smallest absolute Gasteiger partial charge is 0.165 e. The SMILES string of the molecule is Cc1nc(C)nc(-c2cc(-n3c4cc(C(C)(C)C)ccc4c4ccc(C(C)(C)C)cc43)c(C#N)cc2-n2c3cc(C(C)(C)C)ccc3c3ccc(C(C)(C)C)cc32)n1. The Morgan fingerprint density at radius 1 is 0.431 bits per heavy atom. The second-order valence-corrected chi connectivity index (χ2v) is 20.4. The van der Waals surface area contributed by atoms with Gasteiger partial charge in [-0.25, -0.2) is 15.0 Å². The summed E-state index contributed by atoms with van der Waals surface area (Å²) in [5, 5.41) is 15.9. The summed E-state index contributed by atoms with van der Waals surface area (Å²) < 4.78 is 4.66. The summed E-state index contributed by atoms with van der Waals surface area (Å²) in [6.45, 7) is 30.9. The minimum absolute atomic E-state index is 0.0760. The van der Waals surface area contributed by atoms with Crippen molar-refractivity contribution in [1.29, 1.82) is 5.26 Å². The van der Waals surface area contributed by atoms with Gasteiger partial charge in [-0.1, -0.05) is 132 Å². The summed E-state index contributed by atoms with van der Waals surface area (Å²) in [5.41, 5.74) is 12.0. The summed E-state index contributed by atoms with van der Waals surface area (Å²) in [6, 6.07) is 34.2. The lowest BCUT2D eigenvalue weighted by atomic mass is 9.86. The zero-order valence-corrected chi connectivity index (χ0v) is 36.8. The fraction of sp³-hybridized carbons (Fsp3) is 0.346. The molecule has 0 radical (unpaired) electrons. The highest BCUT2D eigenvalue weighted by Crippen LogP contribution is 2.43. The maximum atomic E-state index is 11.3. The molecule has 0 fully saturated rings. The van der Waals surface area contributed by atoms with Gasteiger partial charge in [-0.05, 0) is 94.2 Å². The van der Waals surface area contributed by atoms with E-state index < -0.39 is 0 Å². The quantitative estimate of drug-likeness (QED) is 0.180. The number of aromatic nitrogens is 5. The van der Waals surface area contributed by atoms with Gasteiger partial charge >= 0.3 is 0 Å². The van der Waals surface area contributed by atoms with Gasteiger partial charge in [0.05, 0.1) is 39.0 Å². The molecule has 5 aromatic carbocycles. The van der Waals surface area contributed by atoms with Crippen molar-refractivity contribution in [3.8, 4) is 28.8 Å². The molecule has 0 N–H and O–H groups in total. The summed E-state index contributed by atoms with van der Waals surface area (Å²) in [7, 11) is 0. The molecule has 0 amide bonds. The molecule has 0 aliphatic heterocycles. The highest BCUT2D eigenvalue weighted by molar-refractivity contribution is 6.11. The number of benzene rings is 5. The van der Waals surface area contributed by atoms with E-state index in [1.165, 1.54) is 22.3 Å². The predicted molar refractivity (Wildman–Crippen MR) is 243 cm³/mol. The van der Waals surface area contributed by atoms with Gasteiger partial charge in [-0.15, -0.1) is 0 Å². The van der Waals surface area contributed by atoms with Crippen LogP contribution in [-0.2, 0) is 21.7 Å². The molecule has 58 heavy (non-hydrogen) atoms. The Bertz CT molecular complexity index is 2850. The Kier molecular flexibility index (Phi) is 8.83. The molecule has 0 bridgehead atoms. The van der Waals surface area contributed by atoms with E-state index in [1.54, 1.807) is 0 Å². The molecule has 0 aliphatic carbocycles. The van der Waals surface area contributed by atoms with Gasteiger partial charge in [0.15, 0.2) is 5.82 Å². The highest BCUT2D eigenvalue weighted by atomic mass is 15.1. The molecule has 0 aliphatic rings. The molecule has 0 saturated carbocycles. The third-order valence-corrected chi connectivity index (χ3v) is 11.8. The molecule has 0 atom stereocenters. The van der Waals surface area contributed by atoms with E-state index in [9.17, 15) is 5.26 Å². The van der Waals surface area contributed by atoms with E-state index in [0.717, 1.165) is 60.5 Å². The lowest BCUT2D eigenvalue weighted by Gasteiger charge is -2.22. The number of nitrogens with zero attached hydrogens (tertiary/aromatic N) is 6. The third kappa shape index (κ3) is 6.55. The van der Waals surface area contributed by atoms with E-state index in [4.69, 9.17) is 9.97 Å². The van der Waals surface area contributed by atoms with Gasteiger partial charge in [0, 0.05) is 27.1 Å². The van der Waals surface area contributed by atoms with Crippen LogP contribution in [0.3, 0.4) is 0 Å². The van der Waals surface area contributed by atoms with E-state index in [1.807, 2.05) is 13.8 Å². The molecule has 8 aromatic rings. The van der Waals surface area contributed by atoms with Crippen LogP contribution in [0, 0.1) is 25.2 Å². The van der Waals surface area contributed by atoms with E-state index >= 15 is 0 Å². The topological polar surface area (TPSA) is 72.3 Å². The second-order valence-electron chi connectivity index (χ2n) is 20.4. The fourth-order valence-electron chi connectivity index (χ4n) is 8.37. The minimum Gasteiger partial charge on any atom is -0.308 e. The van der Waals surface area contributed by atoms with Crippen LogP contribution >= 0.6 is 0 Å². The van der Waals surface area contributed by atoms with Crippen molar-refractivity contribution in [2.45, 2.75) is 119 Å². The van der Waals surface area contributed by atoms with Crippen molar-refractivity contribution in [2.75, 3.05) is 0 Å². The van der Waals surface area contributed by atoms with E-state index in [0.29, 0.717) is 23.0 Å². The molecular weight excluding hydrogens is 709 g/mol. The summed E-state index contributed by atoms with van der Waals surface area (Å²) in [5.74, 6) is 1.87. The summed E-state index contributed by atoms with van der Waals surface area (Å²) >= 11 is 0. The van der Waals surface area contributed by atoms with E-state index in [2.05, 4.69) is 188 Å². The van der Waals surface area contributed by atoms with Crippen LogP contribution in [0.25, 0.3) is 66.4 Å². The molecule has 3 aromatic heterocycles. The van der Waals surface area contributed by atoms with Gasteiger partial charge in [0.1, 0.15) is 17.7 Å². The lowest BCUT2D eigenvalue weighted by molar-refractivity contribution is 0.590. The average molecular weight is 765 g/mol. The Morgan fingerprint density at radius 2 is 0.759 bits per heavy atom. The van der Waals surface area contributed by atoms with Crippen molar-refractivity contribution in [2.24, 2.45) is 0 Å². The minimum atomic E-state index is -0.0761. The largest absolute Gasteiger partial charge is 0.308 e. The molecule has 6 nitrogen and oxygen atoms in total. The predicted octanol–water partition coefficient (Wildman–Crippen LogP) is 13.4. The van der Waals surface area contributed by atoms with Crippen molar-refractivity contribution < 1.29 is 0 Å². The normalized spacial score (nSPS) is 13.0. The fourth-order valence-corrected chi connectivity index (χ4v) is 8.37. The van der Waals surface area contributed by atoms with Gasteiger partial charge < -0.3 is 9.13 Å². The maximum absolute atomic E-state index is 11.3. The number of nitriles is 1. The highest BCUT2D eigenvalue weighted by Gasteiger charge is 2.27. The monoisotopic (exact) mass is 764 g/mol. The molecule has 294 valence electrons. The van der Waals surface area contributed by atoms with Crippen LogP contribution in [0.4, 0.5) is 0 Å². The van der Waals surface area contributed by atoms with Crippen molar-refractivity contribution in [1.82, 2.24) is 24.1 Å². The number of aryl methyl sites for hydroxylation is 2. The Balaban J connectivity index is 1.57. The lowest BCUT2D eigenvalue weighted by Crippen LogP contribution is -2.12. The number of hydrogen-bond donors (Lipinski definition) is 0.